The summed E-state index contributed by atoms with van der Waals surface area (Å²) in [6.45, 7) is 8.62. The summed E-state index contributed by atoms with van der Waals surface area (Å²) in [5.74, 6) is 0. The molecule has 111 valence electrons. The SMILES string of the molecule is CC(C)=CCCC(C)=CC=CC(C)=C[CH]c1ccccc1. The summed E-state index contributed by atoms with van der Waals surface area (Å²) in [4.78, 5) is 0. The molecule has 1 radical (unpaired) electrons. The molecule has 0 N–H and O–H groups in total. The molecule has 0 fully saturated rings. The van der Waals surface area contributed by atoms with E-state index in [4.69, 9.17) is 0 Å². The predicted octanol–water partition coefficient (Wildman–Crippen LogP) is 6.43. The van der Waals surface area contributed by atoms with Crippen LogP contribution in [0.1, 0.15) is 46.1 Å². The smallest absolute Gasteiger partial charge is 0.0127 e. The van der Waals surface area contributed by atoms with Crippen LogP contribution in [0.15, 0.2) is 77.4 Å². The third-order valence-corrected chi connectivity index (χ3v) is 3.17. The topological polar surface area (TPSA) is 0 Å². The van der Waals surface area contributed by atoms with Gasteiger partial charge in [-0.1, -0.05) is 77.4 Å². The lowest BCUT2D eigenvalue weighted by atomic mass is 10.1. The fraction of sp³-hybridized carbons (Fsp3) is 0.286. The van der Waals surface area contributed by atoms with Crippen LogP contribution >= 0.6 is 0 Å². The molecule has 1 rings (SSSR count). The first-order chi connectivity index (χ1) is 10.1. The maximum atomic E-state index is 2.29. The van der Waals surface area contributed by atoms with Gasteiger partial charge in [-0.25, -0.2) is 0 Å². The number of allylic oxidation sites excluding steroid dienone is 8. The van der Waals surface area contributed by atoms with Crippen molar-refractivity contribution in [2.45, 2.75) is 40.5 Å². The van der Waals surface area contributed by atoms with Crippen LogP contribution in [0.25, 0.3) is 0 Å². The number of benzene rings is 1. The maximum Gasteiger partial charge on any atom is 0.0127 e. The normalized spacial score (nSPS) is 12.8. The summed E-state index contributed by atoms with van der Waals surface area (Å²) >= 11 is 0. The van der Waals surface area contributed by atoms with E-state index in [1.165, 1.54) is 22.3 Å². The molecule has 1 aromatic rings. The second kappa shape index (κ2) is 9.99. The molecule has 0 unspecified atom stereocenters. The molecule has 0 aliphatic carbocycles. The summed E-state index contributed by atoms with van der Waals surface area (Å²) in [5, 5.41) is 0. The van der Waals surface area contributed by atoms with Crippen molar-refractivity contribution in [1.82, 2.24) is 0 Å². The Bertz CT molecular complexity index is 520. The maximum absolute atomic E-state index is 2.29. The second-order valence-corrected chi connectivity index (χ2v) is 5.68. The minimum absolute atomic E-state index is 1.13. The van der Waals surface area contributed by atoms with Crippen molar-refractivity contribution in [2.24, 2.45) is 0 Å². The Labute approximate surface area is 130 Å². The Morgan fingerprint density at radius 2 is 1.67 bits per heavy atom. The van der Waals surface area contributed by atoms with E-state index in [1.807, 2.05) is 6.07 Å². The third-order valence-electron chi connectivity index (χ3n) is 3.17. The first-order valence-corrected chi connectivity index (χ1v) is 7.62. The fourth-order valence-electron chi connectivity index (χ4n) is 1.88. The van der Waals surface area contributed by atoms with Crippen LogP contribution in [0.4, 0.5) is 0 Å². The average molecular weight is 279 g/mol. The quantitative estimate of drug-likeness (QED) is 0.398. The lowest BCUT2D eigenvalue weighted by molar-refractivity contribution is 0.967. The minimum atomic E-state index is 1.13. The van der Waals surface area contributed by atoms with Crippen molar-refractivity contribution in [1.29, 1.82) is 0 Å². The van der Waals surface area contributed by atoms with Crippen LogP contribution < -0.4 is 0 Å². The molecule has 0 saturated carbocycles. The highest BCUT2D eigenvalue weighted by Crippen LogP contribution is 2.08. The van der Waals surface area contributed by atoms with Crippen LogP contribution in [0.2, 0.25) is 0 Å². The molecule has 0 saturated heterocycles. The zero-order chi connectivity index (χ0) is 15.5. The molecular weight excluding hydrogens is 252 g/mol. The predicted molar refractivity (Wildman–Crippen MR) is 95.2 cm³/mol. The highest BCUT2D eigenvalue weighted by molar-refractivity contribution is 5.32. The van der Waals surface area contributed by atoms with Crippen molar-refractivity contribution in [2.75, 3.05) is 0 Å². The van der Waals surface area contributed by atoms with E-state index < -0.39 is 0 Å². The fourth-order valence-corrected chi connectivity index (χ4v) is 1.88. The molecule has 0 heterocycles. The molecule has 0 heteroatoms. The van der Waals surface area contributed by atoms with Crippen molar-refractivity contribution < 1.29 is 0 Å². The molecule has 0 amide bonds. The molecule has 0 atom stereocenters. The summed E-state index contributed by atoms with van der Waals surface area (Å²) in [6.07, 6.45) is 15.4. The Kier molecular flexibility index (Phi) is 8.19. The zero-order valence-electron chi connectivity index (χ0n) is 13.8. The molecule has 21 heavy (non-hydrogen) atoms. The van der Waals surface area contributed by atoms with E-state index in [9.17, 15) is 0 Å². The van der Waals surface area contributed by atoms with E-state index in [2.05, 4.69) is 88.8 Å². The van der Waals surface area contributed by atoms with Gasteiger partial charge in [0.1, 0.15) is 0 Å². The van der Waals surface area contributed by atoms with Gasteiger partial charge in [0.05, 0.1) is 0 Å². The van der Waals surface area contributed by atoms with Crippen molar-refractivity contribution in [3.05, 3.63) is 89.4 Å². The van der Waals surface area contributed by atoms with Crippen LogP contribution in [0, 0.1) is 6.42 Å². The van der Waals surface area contributed by atoms with E-state index in [1.54, 1.807) is 0 Å². The van der Waals surface area contributed by atoms with Gasteiger partial charge >= 0.3 is 0 Å². The van der Waals surface area contributed by atoms with Crippen molar-refractivity contribution in [3.8, 4) is 0 Å². The summed E-state index contributed by atoms with van der Waals surface area (Å²) in [7, 11) is 0. The number of rotatable bonds is 7. The van der Waals surface area contributed by atoms with Crippen molar-refractivity contribution in [3.63, 3.8) is 0 Å². The van der Waals surface area contributed by atoms with E-state index in [0.717, 1.165) is 12.8 Å². The average Bonchev–Trinajstić information content (AvgIpc) is 2.46. The highest BCUT2D eigenvalue weighted by Gasteiger charge is 1.89. The van der Waals surface area contributed by atoms with Crippen LogP contribution in [0.3, 0.4) is 0 Å². The summed E-state index contributed by atoms with van der Waals surface area (Å²) in [6, 6.07) is 10.4. The van der Waals surface area contributed by atoms with E-state index >= 15 is 0 Å². The van der Waals surface area contributed by atoms with Crippen LogP contribution in [0.5, 0.6) is 0 Å². The molecule has 0 aliphatic rings. The van der Waals surface area contributed by atoms with E-state index in [-0.39, 0.29) is 0 Å². The lowest BCUT2D eigenvalue weighted by Crippen LogP contribution is -1.78. The standard InChI is InChI=1S/C21H27/c1-18(2)10-8-11-19(3)12-9-13-20(4)16-17-21-14-6-5-7-15-21/h5-7,9-10,12-17H,8,11H2,1-4H3. The molecule has 0 nitrogen and oxygen atoms in total. The highest BCUT2D eigenvalue weighted by atomic mass is 14.0. The van der Waals surface area contributed by atoms with Gasteiger partial charge in [0.15, 0.2) is 0 Å². The second-order valence-electron chi connectivity index (χ2n) is 5.68. The largest absolute Gasteiger partial charge is 0.0856 e. The van der Waals surface area contributed by atoms with Gasteiger partial charge in [0, 0.05) is 6.42 Å². The molecule has 0 bridgehead atoms. The molecule has 0 spiro atoms. The Morgan fingerprint density at radius 3 is 2.33 bits per heavy atom. The van der Waals surface area contributed by atoms with Gasteiger partial charge in [0.25, 0.3) is 0 Å². The first kappa shape index (κ1) is 17.2. The zero-order valence-corrected chi connectivity index (χ0v) is 13.8. The summed E-state index contributed by atoms with van der Waals surface area (Å²) in [5.41, 5.74) is 5.31. The first-order valence-electron chi connectivity index (χ1n) is 7.62. The van der Waals surface area contributed by atoms with Crippen LogP contribution in [-0.2, 0) is 0 Å². The van der Waals surface area contributed by atoms with Crippen molar-refractivity contribution >= 4 is 0 Å². The minimum Gasteiger partial charge on any atom is -0.0856 e. The molecule has 1 aromatic carbocycles. The number of hydrogen-bond acceptors (Lipinski definition) is 0. The van der Waals surface area contributed by atoms with Gasteiger partial charge < -0.3 is 0 Å². The third kappa shape index (κ3) is 8.86. The lowest BCUT2D eigenvalue weighted by Gasteiger charge is -1.97. The van der Waals surface area contributed by atoms with Gasteiger partial charge in [-0.15, -0.1) is 0 Å². The monoisotopic (exact) mass is 279 g/mol. The molecule has 0 aromatic heterocycles. The summed E-state index contributed by atoms with van der Waals surface area (Å²) < 4.78 is 0. The molecular formula is C21H27. The van der Waals surface area contributed by atoms with Gasteiger partial charge in [0.2, 0.25) is 0 Å². The van der Waals surface area contributed by atoms with Gasteiger partial charge in [-0.2, -0.15) is 0 Å². The van der Waals surface area contributed by atoms with E-state index in [0.29, 0.717) is 0 Å². The Hall–Kier alpha value is -1.82. The van der Waals surface area contributed by atoms with Gasteiger partial charge in [-0.3, -0.25) is 0 Å². The number of hydrogen-bond donors (Lipinski definition) is 0. The molecule has 0 aliphatic heterocycles. The Morgan fingerprint density at radius 1 is 0.952 bits per heavy atom. The van der Waals surface area contributed by atoms with Gasteiger partial charge in [-0.05, 0) is 46.1 Å². The Balaban J connectivity index is 2.42. The van der Waals surface area contributed by atoms with Crippen LogP contribution in [-0.4, -0.2) is 0 Å².